The van der Waals surface area contributed by atoms with E-state index in [-0.39, 0.29) is 0 Å². The first-order chi connectivity index (χ1) is 8.74. The SMILES string of the molecule is CCNCc1ccc(CN(CC)C2CC2)c(Br)c1. The number of benzene rings is 1. The van der Waals surface area contributed by atoms with E-state index in [0.29, 0.717) is 0 Å². The molecule has 0 aromatic heterocycles. The van der Waals surface area contributed by atoms with E-state index in [1.807, 2.05) is 0 Å². The zero-order valence-electron chi connectivity index (χ0n) is 11.4. The quantitative estimate of drug-likeness (QED) is 0.828. The molecule has 2 nitrogen and oxygen atoms in total. The van der Waals surface area contributed by atoms with Crippen LogP contribution in [0.15, 0.2) is 22.7 Å². The predicted octanol–water partition coefficient (Wildman–Crippen LogP) is 3.54. The standard InChI is InChI=1S/C15H23BrN2/c1-3-17-10-12-5-6-13(15(16)9-12)11-18(4-2)14-7-8-14/h5-6,9,14,17H,3-4,7-8,10-11H2,1-2H3. The monoisotopic (exact) mass is 310 g/mol. The van der Waals surface area contributed by atoms with Crippen molar-refractivity contribution < 1.29 is 0 Å². The molecule has 1 aromatic rings. The Hall–Kier alpha value is -0.380. The second-order valence-electron chi connectivity index (χ2n) is 5.00. The van der Waals surface area contributed by atoms with Gasteiger partial charge in [0.15, 0.2) is 0 Å². The number of nitrogens with one attached hydrogen (secondary N) is 1. The second-order valence-corrected chi connectivity index (χ2v) is 5.85. The van der Waals surface area contributed by atoms with Gasteiger partial charge in [-0.2, -0.15) is 0 Å². The van der Waals surface area contributed by atoms with Crippen LogP contribution in [0.25, 0.3) is 0 Å². The lowest BCUT2D eigenvalue weighted by molar-refractivity contribution is 0.269. The maximum Gasteiger partial charge on any atom is 0.0247 e. The number of rotatable bonds is 7. The van der Waals surface area contributed by atoms with Gasteiger partial charge in [-0.25, -0.2) is 0 Å². The van der Waals surface area contributed by atoms with Crippen LogP contribution in [0.1, 0.15) is 37.8 Å². The van der Waals surface area contributed by atoms with Crippen molar-refractivity contribution in [2.24, 2.45) is 0 Å². The summed E-state index contributed by atoms with van der Waals surface area (Å²) in [4.78, 5) is 2.57. The van der Waals surface area contributed by atoms with Crippen molar-refractivity contribution in [2.75, 3.05) is 13.1 Å². The molecule has 1 aliphatic carbocycles. The molecule has 2 rings (SSSR count). The lowest BCUT2D eigenvalue weighted by Crippen LogP contribution is -2.25. The highest BCUT2D eigenvalue weighted by Gasteiger charge is 2.27. The van der Waals surface area contributed by atoms with Crippen LogP contribution >= 0.6 is 15.9 Å². The van der Waals surface area contributed by atoms with Gasteiger partial charge in [-0.05, 0) is 43.1 Å². The molecule has 3 heteroatoms. The van der Waals surface area contributed by atoms with Crippen molar-refractivity contribution in [1.29, 1.82) is 0 Å². The van der Waals surface area contributed by atoms with Crippen molar-refractivity contribution in [3.8, 4) is 0 Å². The normalized spacial score (nSPS) is 15.3. The van der Waals surface area contributed by atoms with Gasteiger partial charge in [0.25, 0.3) is 0 Å². The Kier molecular flexibility index (Phi) is 5.22. The molecule has 0 amide bonds. The van der Waals surface area contributed by atoms with E-state index in [9.17, 15) is 0 Å². The molecule has 1 aliphatic rings. The smallest absolute Gasteiger partial charge is 0.0247 e. The highest BCUT2D eigenvalue weighted by atomic mass is 79.9. The van der Waals surface area contributed by atoms with Crippen LogP contribution in [0, 0.1) is 0 Å². The molecular formula is C15H23BrN2. The third-order valence-electron chi connectivity index (χ3n) is 3.54. The van der Waals surface area contributed by atoms with Gasteiger partial charge in [-0.3, -0.25) is 4.90 Å². The molecule has 1 fully saturated rings. The summed E-state index contributed by atoms with van der Waals surface area (Å²) in [6, 6.07) is 7.59. The molecule has 18 heavy (non-hydrogen) atoms. The number of nitrogens with zero attached hydrogens (tertiary/aromatic N) is 1. The Balaban J connectivity index is 1.99. The summed E-state index contributed by atoms with van der Waals surface area (Å²) in [5.41, 5.74) is 2.76. The predicted molar refractivity (Wildman–Crippen MR) is 80.6 cm³/mol. The first kappa shape index (κ1) is 14.0. The Bertz CT molecular complexity index is 388. The molecule has 0 bridgehead atoms. The van der Waals surface area contributed by atoms with E-state index in [1.54, 1.807) is 0 Å². The van der Waals surface area contributed by atoms with Crippen molar-refractivity contribution >= 4 is 15.9 Å². The molecular weight excluding hydrogens is 288 g/mol. The summed E-state index contributed by atoms with van der Waals surface area (Å²) >= 11 is 3.71. The van der Waals surface area contributed by atoms with Crippen molar-refractivity contribution in [2.45, 2.75) is 45.8 Å². The molecule has 1 aromatic carbocycles. The third-order valence-corrected chi connectivity index (χ3v) is 4.28. The van der Waals surface area contributed by atoms with Gasteiger partial charge in [0, 0.05) is 23.6 Å². The topological polar surface area (TPSA) is 15.3 Å². The van der Waals surface area contributed by atoms with Crippen LogP contribution in [0.3, 0.4) is 0 Å². The van der Waals surface area contributed by atoms with E-state index in [1.165, 1.54) is 28.4 Å². The molecule has 100 valence electrons. The second kappa shape index (κ2) is 6.69. The molecule has 0 heterocycles. The summed E-state index contributed by atoms with van der Waals surface area (Å²) in [5.74, 6) is 0. The first-order valence-corrected chi connectivity index (χ1v) is 7.76. The first-order valence-electron chi connectivity index (χ1n) is 6.96. The molecule has 0 aliphatic heterocycles. The minimum Gasteiger partial charge on any atom is -0.313 e. The number of halogens is 1. The molecule has 1 N–H and O–H groups in total. The molecule has 0 radical (unpaired) electrons. The van der Waals surface area contributed by atoms with Crippen molar-refractivity contribution in [3.63, 3.8) is 0 Å². The Morgan fingerprint density at radius 1 is 1.33 bits per heavy atom. The van der Waals surface area contributed by atoms with Crippen LogP contribution in [-0.2, 0) is 13.1 Å². The lowest BCUT2D eigenvalue weighted by atomic mass is 10.1. The maximum atomic E-state index is 3.71. The third kappa shape index (κ3) is 3.81. The minimum atomic E-state index is 0.836. The van der Waals surface area contributed by atoms with Gasteiger partial charge < -0.3 is 5.32 Å². The van der Waals surface area contributed by atoms with E-state index >= 15 is 0 Å². The van der Waals surface area contributed by atoms with Crippen molar-refractivity contribution in [1.82, 2.24) is 10.2 Å². The lowest BCUT2D eigenvalue weighted by Gasteiger charge is -2.20. The van der Waals surface area contributed by atoms with Crippen LogP contribution in [0.2, 0.25) is 0 Å². The highest BCUT2D eigenvalue weighted by Crippen LogP contribution is 2.29. The largest absolute Gasteiger partial charge is 0.313 e. The minimum absolute atomic E-state index is 0.836. The molecule has 0 spiro atoms. The zero-order chi connectivity index (χ0) is 13.0. The highest BCUT2D eigenvalue weighted by molar-refractivity contribution is 9.10. The van der Waals surface area contributed by atoms with E-state index < -0.39 is 0 Å². The van der Waals surface area contributed by atoms with Gasteiger partial charge in [0.2, 0.25) is 0 Å². The van der Waals surface area contributed by atoms with Crippen LogP contribution in [0.4, 0.5) is 0 Å². The maximum absolute atomic E-state index is 3.71. The molecule has 0 unspecified atom stereocenters. The average Bonchev–Trinajstić information content (AvgIpc) is 3.19. The van der Waals surface area contributed by atoms with Crippen molar-refractivity contribution in [3.05, 3.63) is 33.8 Å². The fourth-order valence-corrected chi connectivity index (χ4v) is 2.81. The van der Waals surface area contributed by atoms with Gasteiger partial charge in [-0.1, -0.05) is 41.9 Å². The average molecular weight is 311 g/mol. The molecule has 0 atom stereocenters. The zero-order valence-corrected chi connectivity index (χ0v) is 13.0. The van der Waals surface area contributed by atoms with E-state index in [4.69, 9.17) is 0 Å². The summed E-state index contributed by atoms with van der Waals surface area (Å²) in [6.45, 7) is 8.59. The molecule has 0 saturated heterocycles. The van der Waals surface area contributed by atoms with Gasteiger partial charge in [0.05, 0.1) is 0 Å². The van der Waals surface area contributed by atoms with Crippen LogP contribution in [-0.4, -0.2) is 24.0 Å². The Morgan fingerprint density at radius 3 is 2.67 bits per heavy atom. The van der Waals surface area contributed by atoms with E-state index in [2.05, 4.69) is 58.2 Å². The van der Waals surface area contributed by atoms with E-state index in [0.717, 1.165) is 32.2 Å². The fourth-order valence-electron chi connectivity index (χ4n) is 2.26. The van der Waals surface area contributed by atoms with Crippen LogP contribution in [0.5, 0.6) is 0 Å². The fraction of sp³-hybridized carbons (Fsp3) is 0.600. The van der Waals surface area contributed by atoms with Gasteiger partial charge in [0.1, 0.15) is 0 Å². The summed E-state index contributed by atoms with van der Waals surface area (Å²) in [6.07, 6.45) is 2.76. The summed E-state index contributed by atoms with van der Waals surface area (Å²) in [5, 5.41) is 3.36. The summed E-state index contributed by atoms with van der Waals surface area (Å²) < 4.78 is 1.25. The van der Waals surface area contributed by atoms with Gasteiger partial charge in [-0.15, -0.1) is 0 Å². The Labute approximate surface area is 119 Å². The summed E-state index contributed by atoms with van der Waals surface area (Å²) in [7, 11) is 0. The van der Waals surface area contributed by atoms with Gasteiger partial charge >= 0.3 is 0 Å². The molecule has 1 saturated carbocycles. The number of hydrogen-bond acceptors (Lipinski definition) is 2. The number of hydrogen-bond donors (Lipinski definition) is 1. The Morgan fingerprint density at radius 2 is 2.11 bits per heavy atom. The van der Waals surface area contributed by atoms with Crippen LogP contribution < -0.4 is 5.32 Å².